The smallest absolute Gasteiger partial charge is 0.327 e. The van der Waals surface area contributed by atoms with Crippen molar-refractivity contribution in [2.24, 2.45) is 0 Å². The third kappa shape index (κ3) is 5.22. The quantitative estimate of drug-likeness (QED) is 0.228. The monoisotopic (exact) mass is 544 g/mol. The predicted octanol–water partition coefficient (Wildman–Crippen LogP) is 7.30. The van der Waals surface area contributed by atoms with Crippen LogP contribution in [-0.2, 0) is 4.43 Å². The highest BCUT2D eigenvalue weighted by molar-refractivity contribution is 6.74. The molecule has 1 amide bonds. The van der Waals surface area contributed by atoms with E-state index in [1.54, 1.807) is 30.0 Å². The number of aromatic nitrogens is 3. The van der Waals surface area contributed by atoms with E-state index in [-0.39, 0.29) is 16.5 Å². The molecule has 0 saturated heterocycles. The predicted molar refractivity (Wildman–Crippen MR) is 147 cm³/mol. The summed E-state index contributed by atoms with van der Waals surface area (Å²) in [4.78, 5) is 15.5. The van der Waals surface area contributed by atoms with Crippen molar-refractivity contribution in [3.05, 3.63) is 70.2 Å². The molecule has 2 heterocycles. The van der Waals surface area contributed by atoms with Gasteiger partial charge in [-0.3, -0.25) is 9.36 Å². The van der Waals surface area contributed by atoms with Crippen LogP contribution in [0.2, 0.25) is 28.2 Å². The van der Waals surface area contributed by atoms with Crippen molar-refractivity contribution in [2.75, 3.05) is 18.1 Å². The minimum absolute atomic E-state index is 0.0583. The summed E-state index contributed by atoms with van der Waals surface area (Å²) in [5.41, 5.74) is 1.86. The molecule has 190 valence electrons. The van der Waals surface area contributed by atoms with E-state index in [1.807, 2.05) is 35.0 Å². The molecule has 36 heavy (non-hydrogen) atoms. The van der Waals surface area contributed by atoms with E-state index < -0.39 is 8.32 Å². The molecule has 0 radical (unpaired) electrons. The van der Waals surface area contributed by atoms with Crippen LogP contribution >= 0.6 is 23.2 Å². The van der Waals surface area contributed by atoms with Gasteiger partial charge >= 0.3 is 6.01 Å². The largest absolute Gasteiger partial charge is 0.415 e. The van der Waals surface area contributed by atoms with Crippen LogP contribution in [0.5, 0.6) is 0 Å². The second kappa shape index (κ2) is 10.0. The Morgan fingerprint density at radius 2 is 1.81 bits per heavy atom. The summed E-state index contributed by atoms with van der Waals surface area (Å²) in [6.07, 6.45) is 1.86. The molecule has 0 aliphatic heterocycles. The van der Waals surface area contributed by atoms with Crippen molar-refractivity contribution in [2.45, 2.75) is 45.8 Å². The molecule has 4 aromatic rings. The lowest BCUT2D eigenvalue weighted by molar-refractivity contribution is 0.0982. The van der Waals surface area contributed by atoms with Crippen LogP contribution in [0.3, 0.4) is 0 Å². The van der Waals surface area contributed by atoms with E-state index in [0.717, 1.165) is 10.9 Å². The first-order valence-electron chi connectivity index (χ1n) is 11.7. The summed E-state index contributed by atoms with van der Waals surface area (Å²) < 4.78 is 13.8. The zero-order valence-corrected chi connectivity index (χ0v) is 23.8. The SMILES string of the molecule is Cc1nnc(-n2ccc3cc(N(CCO[Si](C)(C)C(C)(C)C)C(=O)c4c(Cl)cccc4Cl)ccc32)o1. The molecule has 2 aromatic carbocycles. The van der Waals surface area contributed by atoms with E-state index in [9.17, 15) is 4.79 Å². The first kappa shape index (κ1) is 26.4. The van der Waals surface area contributed by atoms with Crippen LogP contribution in [0.1, 0.15) is 37.0 Å². The highest BCUT2D eigenvalue weighted by atomic mass is 35.5. The van der Waals surface area contributed by atoms with Crippen LogP contribution in [-0.4, -0.2) is 42.1 Å². The number of halogens is 2. The van der Waals surface area contributed by atoms with Crippen molar-refractivity contribution in [3.8, 4) is 6.01 Å². The Kier molecular flexibility index (Phi) is 7.34. The standard InChI is InChI=1S/C26H30Cl2N4O3Si/c1-17-29-30-25(35-17)32-13-12-18-16-19(10-11-22(18)32)31(14-15-34-36(5,6)26(2,3)4)24(33)23-20(27)8-7-9-21(23)28/h7-13,16H,14-15H2,1-6H3. The molecule has 0 N–H and O–H groups in total. The molecular formula is C26H30Cl2N4O3Si. The van der Waals surface area contributed by atoms with Gasteiger partial charge < -0.3 is 13.7 Å². The first-order valence-corrected chi connectivity index (χ1v) is 15.4. The van der Waals surface area contributed by atoms with Crippen molar-refractivity contribution in [3.63, 3.8) is 0 Å². The second-order valence-corrected chi connectivity index (χ2v) is 15.8. The minimum atomic E-state index is -2.00. The van der Waals surface area contributed by atoms with E-state index in [1.165, 1.54) is 0 Å². The number of aryl methyl sites for hydroxylation is 1. The van der Waals surface area contributed by atoms with Gasteiger partial charge in [-0.2, -0.15) is 0 Å². The lowest BCUT2D eigenvalue weighted by atomic mass is 10.1. The van der Waals surface area contributed by atoms with Gasteiger partial charge in [0.25, 0.3) is 5.91 Å². The Balaban J connectivity index is 1.70. The van der Waals surface area contributed by atoms with Gasteiger partial charge in [0.2, 0.25) is 5.89 Å². The molecule has 4 rings (SSSR count). The highest BCUT2D eigenvalue weighted by Gasteiger charge is 2.37. The van der Waals surface area contributed by atoms with E-state index in [0.29, 0.717) is 40.8 Å². The molecule has 2 aromatic heterocycles. The fraction of sp³-hybridized carbons (Fsp3) is 0.346. The Morgan fingerprint density at radius 1 is 1.11 bits per heavy atom. The van der Waals surface area contributed by atoms with Gasteiger partial charge in [-0.05, 0) is 54.5 Å². The van der Waals surface area contributed by atoms with Gasteiger partial charge in [-0.15, -0.1) is 5.10 Å². The number of benzene rings is 2. The molecule has 0 atom stereocenters. The van der Waals surface area contributed by atoms with Gasteiger partial charge in [-0.1, -0.05) is 55.1 Å². The Hall–Kier alpha value is -2.65. The van der Waals surface area contributed by atoms with E-state index >= 15 is 0 Å². The molecule has 0 bridgehead atoms. The zero-order chi connectivity index (χ0) is 26.3. The van der Waals surface area contributed by atoms with Gasteiger partial charge in [-0.25, -0.2) is 0 Å². The summed E-state index contributed by atoms with van der Waals surface area (Å²) in [5.74, 6) is 0.203. The number of hydrogen-bond donors (Lipinski definition) is 0. The average Bonchev–Trinajstić information content (AvgIpc) is 3.41. The molecule has 0 unspecified atom stereocenters. The van der Waals surface area contributed by atoms with Gasteiger partial charge in [0, 0.05) is 30.7 Å². The maximum Gasteiger partial charge on any atom is 0.327 e. The number of rotatable bonds is 7. The molecule has 0 fully saturated rings. The lowest BCUT2D eigenvalue weighted by Crippen LogP contribution is -2.43. The normalized spacial score (nSPS) is 12.3. The van der Waals surface area contributed by atoms with Crippen molar-refractivity contribution < 1.29 is 13.6 Å². The molecule has 0 spiro atoms. The Morgan fingerprint density at radius 3 is 2.42 bits per heavy atom. The first-order chi connectivity index (χ1) is 16.9. The van der Waals surface area contributed by atoms with Crippen molar-refractivity contribution in [1.29, 1.82) is 0 Å². The second-order valence-electron chi connectivity index (χ2n) is 10.2. The summed E-state index contributed by atoms with van der Waals surface area (Å²) in [6, 6.07) is 13.1. The summed E-state index contributed by atoms with van der Waals surface area (Å²) in [6.45, 7) is 13.4. The maximum atomic E-state index is 13.8. The summed E-state index contributed by atoms with van der Waals surface area (Å²) in [7, 11) is -2.00. The highest BCUT2D eigenvalue weighted by Crippen LogP contribution is 2.37. The number of carbonyl (C=O) groups is 1. The zero-order valence-electron chi connectivity index (χ0n) is 21.3. The molecular weight excluding hydrogens is 515 g/mol. The van der Waals surface area contributed by atoms with E-state index in [2.05, 4.69) is 44.1 Å². The van der Waals surface area contributed by atoms with Crippen LogP contribution in [0.15, 0.2) is 53.1 Å². The number of carbonyl (C=O) groups excluding carboxylic acids is 1. The third-order valence-corrected chi connectivity index (χ3v) is 11.9. The van der Waals surface area contributed by atoms with Crippen LogP contribution in [0.25, 0.3) is 16.9 Å². The van der Waals surface area contributed by atoms with E-state index in [4.69, 9.17) is 32.0 Å². The van der Waals surface area contributed by atoms with Crippen LogP contribution in [0.4, 0.5) is 5.69 Å². The van der Waals surface area contributed by atoms with Crippen molar-refractivity contribution >= 4 is 54.0 Å². The summed E-state index contributed by atoms with van der Waals surface area (Å²) >= 11 is 12.8. The lowest BCUT2D eigenvalue weighted by Gasteiger charge is -2.37. The van der Waals surface area contributed by atoms with Crippen LogP contribution in [0, 0.1) is 6.92 Å². The molecule has 0 aliphatic rings. The number of anilines is 1. The molecule has 7 nitrogen and oxygen atoms in total. The molecule has 10 heteroatoms. The average molecular weight is 546 g/mol. The van der Waals surface area contributed by atoms with Crippen molar-refractivity contribution in [1.82, 2.24) is 14.8 Å². The van der Waals surface area contributed by atoms with Gasteiger partial charge in [0.1, 0.15) is 0 Å². The topological polar surface area (TPSA) is 73.4 Å². The number of amides is 1. The van der Waals surface area contributed by atoms with Gasteiger partial charge in [0.05, 0.1) is 27.7 Å². The number of nitrogens with zero attached hydrogens (tertiary/aromatic N) is 4. The number of fused-ring (bicyclic) bond motifs is 1. The Bertz CT molecular complexity index is 1390. The third-order valence-electron chi connectivity index (χ3n) is 6.71. The molecule has 0 saturated carbocycles. The van der Waals surface area contributed by atoms with Gasteiger partial charge in [0.15, 0.2) is 8.32 Å². The maximum absolute atomic E-state index is 13.8. The fourth-order valence-electron chi connectivity index (χ4n) is 3.64. The summed E-state index contributed by atoms with van der Waals surface area (Å²) in [5, 5.41) is 9.61. The van der Waals surface area contributed by atoms with Crippen LogP contribution < -0.4 is 4.90 Å². The number of hydrogen-bond acceptors (Lipinski definition) is 5. The fourth-order valence-corrected chi connectivity index (χ4v) is 5.24. The molecule has 0 aliphatic carbocycles. The Labute approximate surface area is 222 Å². The minimum Gasteiger partial charge on any atom is -0.415 e.